The van der Waals surface area contributed by atoms with Gasteiger partial charge in [0, 0.05) is 12.2 Å². The van der Waals surface area contributed by atoms with E-state index < -0.39 is 0 Å². The minimum Gasteiger partial charge on any atom is -0.497 e. The number of amides is 2. The van der Waals surface area contributed by atoms with Gasteiger partial charge in [-0.2, -0.15) is 0 Å². The summed E-state index contributed by atoms with van der Waals surface area (Å²) in [6, 6.07) is 16.9. The van der Waals surface area contributed by atoms with Crippen LogP contribution in [0.15, 0.2) is 54.6 Å². The number of anilines is 1. The van der Waals surface area contributed by atoms with Gasteiger partial charge in [0.25, 0.3) is 5.91 Å². The first kappa shape index (κ1) is 17.9. The van der Waals surface area contributed by atoms with Crippen molar-refractivity contribution in [1.82, 2.24) is 5.32 Å². The zero-order valence-corrected chi connectivity index (χ0v) is 14.7. The number of hydrogen-bond donors (Lipinski definition) is 1. The van der Waals surface area contributed by atoms with Crippen LogP contribution in [0.2, 0.25) is 0 Å². The number of nitrogens with zero attached hydrogens (tertiary/aromatic N) is 1. The average molecular weight is 354 g/mol. The van der Waals surface area contributed by atoms with Crippen LogP contribution < -0.4 is 15.0 Å². The number of para-hydroxylation sites is 1. The van der Waals surface area contributed by atoms with E-state index in [9.17, 15) is 9.59 Å². The first-order chi connectivity index (χ1) is 12.7. The van der Waals surface area contributed by atoms with Crippen LogP contribution in [0.3, 0.4) is 0 Å². The van der Waals surface area contributed by atoms with Crippen LogP contribution in [0.4, 0.5) is 5.69 Å². The van der Waals surface area contributed by atoms with Gasteiger partial charge >= 0.3 is 0 Å². The minimum atomic E-state index is -0.229. The number of hydrogen-bond acceptors (Lipinski definition) is 4. The molecule has 2 aromatic carbocycles. The van der Waals surface area contributed by atoms with E-state index in [4.69, 9.17) is 9.47 Å². The van der Waals surface area contributed by atoms with Crippen LogP contribution in [-0.4, -0.2) is 44.7 Å². The Morgan fingerprint density at radius 1 is 1.19 bits per heavy atom. The SMILES string of the molecule is COc1ccc(CC(=O)NCC2CN(c3ccccc3)C(=O)CO2)cc1. The van der Waals surface area contributed by atoms with Crippen molar-refractivity contribution in [3.8, 4) is 5.75 Å². The van der Waals surface area contributed by atoms with Gasteiger partial charge < -0.3 is 19.7 Å². The number of nitrogens with one attached hydrogen (secondary N) is 1. The summed E-state index contributed by atoms with van der Waals surface area (Å²) in [5.41, 5.74) is 1.75. The maximum absolute atomic E-state index is 12.1. The molecule has 1 fully saturated rings. The lowest BCUT2D eigenvalue weighted by molar-refractivity contribution is -0.129. The Hall–Kier alpha value is -2.86. The summed E-state index contributed by atoms with van der Waals surface area (Å²) in [4.78, 5) is 25.9. The molecule has 0 saturated carbocycles. The number of ether oxygens (including phenoxy) is 2. The molecule has 0 aromatic heterocycles. The van der Waals surface area contributed by atoms with E-state index in [1.54, 1.807) is 12.0 Å². The van der Waals surface area contributed by atoms with Gasteiger partial charge in [-0.1, -0.05) is 30.3 Å². The summed E-state index contributed by atoms with van der Waals surface area (Å²) in [6.45, 7) is 0.811. The molecule has 6 nitrogen and oxygen atoms in total. The topological polar surface area (TPSA) is 67.9 Å². The molecule has 1 N–H and O–H groups in total. The van der Waals surface area contributed by atoms with E-state index in [1.807, 2.05) is 54.6 Å². The Balaban J connectivity index is 1.50. The highest BCUT2D eigenvalue weighted by molar-refractivity contribution is 5.95. The third kappa shape index (κ3) is 4.61. The van der Waals surface area contributed by atoms with Crippen molar-refractivity contribution in [3.63, 3.8) is 0 Å². The van der Waals surface area contributed by atoms with Crippen LogP contribution >= 0.6 is 0 Å². The van der Waals surface area contributed by atoms with Gasteiger partial charge in [0.2, 0.25) is 5.91 Å². The highest BCUT2D eigenvalue weighted by Crippen LogP contribution is 2.18. The first-order valence-corrected chi connectivity index (χ1v) is 8.52. The average Bonchev–Trinajstić information content (AvgIpc) is 2.68. The number of carbonyl (C=O) groups is 2. The Morgan fingerprint density at radius 2 is 1.92 bits per heavy atom. The van der Waals surface area contributed by atoms with Gasteiger partial charge in [0.15, 0.2) is 0 Å². The molecule has 1 saturated heterocycles. The van der Waals surface area contributed by atoms with Crippen LogP contribution in [0.5, 0.6) is 5.75 Å². The third-order valence-corrected chi connectivity index (χ3v) is 4.25. The Labute approximate surface area is 152 Å². The lowest BCUT2D eigenvalue weighted by Gasteiger charge is -2.32. The third-order valence-electron chi connectivity index (χ3n) is 4.25. The van der Waals surface area contributed by atoms with Gasteiger partial charge in [0.05, 0.1) is 26.2 Å². The maximum Gasteiger partial charge on any atom is 0.253 e. The smallest absolute Gasteiger partial charge is 0.253 e. The van der Waals surface area contributed by atoms with E-state index in [2.05, 4.69) is 5.32 Å². The zero-order valence-electron chi connectivity index (χ0n) is 14.7. The molecule has 1 unspecified atom stereocenters. The van der Waals surface area contributed by atoms with Gasteiger partial charge in [-0.3, -0.25) is 9.59 Å². The fourth-order valence-corrected chi connectivity index (χ4v) is 2.82. The van der Waals surface area contributed by atoms with E-state index >= 15 is 0 Å². The quantitative estimate of drug-likeness (QED) is 0.859. The van der Waals surface area contributed by atoms with Crippen molar-refractivity contribution in [1.29, 1.82) is 0 Å². The molecule has 2 aromatic rings. The van der Waals surface area contributed by atoms with Gasteiger partial charge in [-0.05, 0) is 29.8 Å². The normalized spacial score (nSPS) is 17.0. The number of carbonyl (C=O) groups excluding carboxylic acids is 2. The zero-order chi connectivity index (χ0) is 18.4. The maximum atomic E-state index is 12.1. The Kier molecular flexibility index (Phi) is 5.86. The Morgan fingerprint density at radius 3 is 2.62 bits per heavy atom. The molecule has 1 aliphatic rings. The molecule has 26 heavy (non-hydrogen) atoms. The molecule has 1 heterocycles. The van der Waals surface area contributed by atoms with Gasteiger partial charge in [-0.25, -0.2) is 0 Å². The first-order valence-electron chi connectivity index (χ1n) is 8.52. The van der Waals surface area contributed by atoms with Crippen LogP contribution in [-0.2, 0) is 20.7 Å². The van der Waals surface area contributed by atoms with E-state index in [0.29, 0.717) is 13.1 Å². The van der Waals surface area contributed by atoms with Crippen LogP contribution in [0.25, 0.3) is 0 Å². The predicted molar refractivity (Wildman–Crippen MR) is 98.2 cm³/mol. The van der Waals surface area contributed by atoms with Crippen LogP contribution in [0, 0.1) is 0 Å². The molecule has 0 spiro atoms. The summed E-state index contributed by atoms with van der Waals surface area (Å²) in [5, 5.41) is 2.88. The number of methoxy groups -OCH3 is 1. The fourth-order valence-electron chi connectivity index (χ4n) is 2.82. The molecule has 2 amide bonds. The summed E-state index contributed by atoms with van der Waals surface area (Å²) in [7, 11) is 1.61. The standard InChI is InChI=1S/C20H22N2O4/c1-25-17-9-7-15(8-10-17)11-19(23)21-12-18-13-22(20(24)14-26-18)16-5-3-2-4-6-16/h2-10,18H,11-14H2,1H3,(H,21,23). The highest BCUT2D eigenvalue weighted by Gasteiger charge is 2.27. The highest BCUT2D eigenvalue weighted by atomic mass is 16.5. The fraction of sp³-hybridized carbons (Fsp3) is 0.300. The molecule has 0 bridgehead atoms. The largest absolute Gasteiger partial charge is 0.497 e. The summed E-state index contributed by atoms with van der Waals surface area (Å²) in [5.74, 6) is 0.606. The van der Waals surface area contributed by atoms with Gasteiger partial charge in [-0.15, -0.1) is 0 Å². The van der Waals surface area contributed by atoms with Crippen molar-refractivity contribution in [2.75, 3.05) is 31.7 Å². The van der Waals surface area contributed by atoms with Crippen molar-refractivity contribution in [3.05, 3.63) is 60.2 Å². The molecular weight excluding hydrogens is 332 g/mol. The van der Waals surface area contributed by atoms with Crippen molar-refractivity contribution < 1.29 is 19.1 Å². The monoisotopic (exact) mass is 354 g/mol. The number of benzene rings is 2. The second kappa shape index (κ2) is 8.49. The number of morpholine rings is 1. The van der Waals surface area contributed by atoms with Crippen LogP contribution in [0.1, 0.15) is 5.56 Å². The molecule has 6 heteroatoms. The molecular formula is C20H22N2O4. The molecule has 1 atom stereocenters. The molecule has 136 valence electrons. The predicted octanol–water partition coefficient (Wildman–Crippen LogP) is 1.79. The molecule has 1 aliphatic heterocycles. The van der Waals surface area contributed by atoms with E-state index in [0.717, 1.165) is 17.0 Å². The lowest BCUT2D eigenvalue weighted by Crippen LogP contribution is -2.50. The second-order valence-electron chi connectivity index (χ2n) is 6.10. The van der Waals surface area contributed by atoms with Gasteiger partial charge in [0.1, 0.15) is 12.4 Å². The summed E-state index contributed by atoms with van der Waals surface area (Å²) < 4.78 is 10.7. The molecule has 3 rings (SSSR count). The van der Waals surface area contributed by atoms with E-state index in [1.165, 1.54) is 0 Å². The summed E-state index contributed by atoms with van der Waals surface area (Å²) in [6.07, 6.45) is 0.0608. The van der Waals surface area contributed by atoms with E-state index in [-0.39, 0.29) is 30.9 Å². The van der Waals surface area contributed by atoms with Crippen molar-refractivity contribution >= 4 is 17.5 Å². The van der Waals surface area contributed by atoms with Crippen molar-refractivity contribution in [2.45, 2.75) is 12.5 Å². The second-order valence-corrected chi connectivity index (χ2v) is 6.10. The number of rotatable bonds is 6. The minimum absolute atomic E-state index is 0.0217. The summed E-state index contributed by atoms with van der Waals surface area (Å²) >= 11 is 0. The Bertz CT molecular complexity index is 746. The van der Waals surface area contributed by atoms with Crippen molar-refractivity contribution in [2.24, 2.45) is 0 Å². The molecule has 0 radical (unpaired) electrons. The molecule has 0 aliphatic carbocycles. The lowest BCUT2D eigenvalue weighted by atomic mass is 10.1.